The Bertz CT molecular complexity index is 193. The number of aliphatic carboxylic acids is 1. The molecular formula is C13H31NO3. The van der Waals surface area contributed by atoms with Crippen molar-refractivity contribution in [3.05, 3.63) is 0 Å². The molecule has 0 saturated heterocycles. The third-order valence-corrected chi connectivity index (χ3v) is 2.14. The van der Waals surface area contributed by atoms with E-state index in [1.807, 2.05) is 0 Å². The van der Waals surface area contributed by atoms with Crippen LogP contribution >= 0.6 is 0 Å². The van der Waals surface area contributed by atoms with Gasteiger partial charge < -0.3 is 10.4 Å². The lowest BCUT2D eigenvalue weighted by Gasteiger charge is -2.09. The van der Waals surface area contributed by atoms with Gasteiger partial charge in [0.25, 0.3) is 0 Å². The maximum absolute atomic E-state index is 11.1. The molecule has 17 heavy (non-hydrogen) atoms. The second kappa shape index (κ2) is 14.9. The molecule has 0 aliphatic rings. The zero-order valence-corrected chi connectivity index (χ0v) is 8.88. The molecule has 0 aromatic heterocycles. The molecule has 0 saturated carbocycles. The van der Waals surface area contributed by atoms with Gasteiger partial charge in [-0.05, 0) is 12.3 Å². The largest absolute Gasteiger partial charge is 0.481 e. The Morgan fingerprint density at radius 2 is 1.71 bits per heavy atom. The Labute approximate surface area is 107 Å². The van der Waals surface area contributed by atoms with Crippen molar-refractivity contribution in [1.82, 2.24) is 5.32 Å². The molecule has 0 aliphatic heterocycles. The molecule has 4 nitrogen and oxygen atoms in total. The maximum atomic E-state index is 11.1. The summed E-state index contributed by atoms with van der Waals surface area (Å²) in [7, 11) is 0. The Morgan fingerprint density at radius 3 is 2.12 bits per heavy atom. The fourth-order valence-electron chi connectivity index (χ4n) is 0.921. The van der Waals surface area contributed by atoms with Gasteiger partial charge in [-0.1, -0.05) is 42.5 Å². The molecule has 0 bridgehead atoms. The molecule has 1 atom stereocenters. The van der Waals surface area contributed by atoms with Gasteiger partial charge in [0.1, 0.15) is 0 Å². The summed E-state index contributed by atoms with van der Waals surface area (Å²) in [6.45, 7) is 4.82. The van der Waals surface area contributed by atoms with Gasteiger partial charge in [0.2, 0.25) is 5.91 Å². The van der Waals surface area contributed by atoms with Crippen LogP contribution in [0, 0.1) is 5.92 Å². The number of carboxylic acid groups (broad SMARTS) is 1. The van der Waals surface area contributed by atoms with E-state index in [0.29, 0.717) is 25.3 Å². The zero-order chi connectivity index (χ0) is 11.0. The Morgan fingerprint density at radius 1 is 1.18 bits per heavy atom. The number of carbonyl (C=O) groups is 2. The monoisotopic (exact) mass is 249 g/mol. The van der Waals surface area contributed by atoms with Gasteiger partial charge in [-0.3, -0.25) is 9.59 Å². The van der Waals surface area contributed by atoms with Crippen LogP contribution in [-0.4, -0.2) is 23.5 Å². The Kier molecular flexibility index (Phi) is 21.9. The highest BCUT2D eigenvalue weighted by molar-refractivity contribution is 5.76. The summed E-state index contributed by atoms with van der Waals surface area (Å²) < 4.78 is 0. The summed E-state index contributed by atoms with van der Waals surface area (Å²) in [5.41, 5.74) is 0. The second-order valence-electron chi connectivity index (χ2n) is 3.56. The van der Waals surface area contributed by atoms with Crippen LogP contribution in [0.25, 0.3) is 0 Å². The molecule has 0 heterocycles. The molecule has 0 rings (SSSR count). The number of carboxylic acids is 1. The van der Waals surface area contributed by atoms with E-state index < -0.39 is 5.97 Å². The molecule has 106 valence electrons. The van der Waals surface area contributed by atoms with Crippen LogP contribution in [0.4, 0.5) is 0 Å². The number of hydrogen-bond donors (Lipinski definition) is 2. The summed E-state index contributed by atoms with van der Waals surface area (Å²) in [6.07, 6.45) is 1.83. The first-order chi connectivity index (χ1) is 6.56. The average molecular weight is 249 g/mol. The first kappa shape index (κ1) is 25.0. The molecule has 0 fully saturated rings. The van der Waals surface area contributed by atoms with Crippen molar-refractivity contribution in [2.75, 3.05) is 6.54 Å². The number of nitrogens with one attached hydrogen (secondary N) is 1. The van der Waals surface area contributed by atoms with E-state index in [9.17, 15) is 9.59 Å². The van der Waals surface area contributed by atoms with E-state index in [0.717, 1.165) is 6.42 Å². The van der Waals surface area contributed by atoms with Crippen molar-refractivity contribution in [1.29, 1.82) is 0 Å². The fourth-order valence-corrected chi connectivity index (χ4v) is 0.921. The molecule has 0 spiro atoms. The smallest absolute Gasteiger partial charge is 0.303 e. The standard InChI is InChI=1S/C10H19NO3.3CH4/c1-3-8(2)7-11-9(12)5-4-6-10(13)14;;;/h8H,3-7H2,1-2H3,(H,11,12)(H,13,14);3*1H4. The number of rotatable bonds is 7. The van der Waals surface area contributed by atoms with Gasteiger partial charge in [-0.15, -0.1) is 0 Å². The molecule has 4 heteroatoms. The molecule has 1 unspecified atom stereocenters. The first-order valence-corrected chi connectivity index (χ1v) is 5.04. The van der Waals surface area contributed by atoms with E-state index >= 15 is 0 Å². The molecule has 0 aromatic rings. The molecule has 1 amide bonds. The number of carbonyl (C=O) groups excluding carboxylic acids is 1. The Balaban J connectivity index is -0.000000282. The Hall–Kier alpha value is -1.06. The van der Waals surface area contributed by atoms with E-state index in [4.69, 9.17) is 5.11 Å². The zero-order valence-electron chi connectivity index (χ0n) is 8.88. The highest BCUT2D eigenvalue weighted by Gasteiger charge is 2.05. The summed E-state index contributed by atoms with van der Waals surface area (Å²) in [4.78, 5) is 21.3. The van der Waals surface area contributed by atoms with Crippen LogP contribution < -0.4 is 5.32 Å². The van der Waals surface area contributed by atoms with Crippen molar-refractivity contribution < 1.29 is 14.7 Å². The predicted octanol–water partition coefficient (Wildman–Crippen LogP) is 3.31. The summed E-state index contributed by atoms with van der Waals surface area (Å²) in [5.74, 6) is -0.412. The van der Waals surface area contributed by atoms with Gasteiger partial charge in [0.05, 0.1) is 0 Å². The molecule has 2 N–H and O–H groups in total. The lowest BCUT2D eigenvalue weighted by atomic mass is 10.1. The van der Waals surface area contributed by atoms with Crippen molar-refractivity contribution >= 4 is 11.9 Å². The highest BCUT2D eigenvalue weighted by atomic mass is 16.4. The van der Waals surface area contributed by atoms with Gasteiger partial charge in [-0.2, -0.15) is 0 Å². The van der Waals surface area contributed by atoms with Crippen molar-refractivity contribution in [3.63, 3.8) is 0 Å². The molecule has 0 aliphatic carbocycles. The van der Waals surface area contributed by atoms with Gasteiger partial charge >= 0.3 is 5.97 Å². The van der Waals surface area contributed by atoms with Crippen LogP contribution in [0.3, 0.4) is 0 Å². The quantitative estimate of drug-likeness (QED) is 0.727. The fraction of sp³-hybridized carbons (Fsp3) is 0.846. The summed E-state index contributed by atoms with van der Waals surface area (Å²) in [6, 6.07) is 0. The second-order valence-corrected chi connectivity index (χ2v) is 3.56. The minimum absolute atomic E-state index is 0. The molecule has 0 aromatic carbocycles. The third kappa shape index (κ3) is 17.5. The summed E-state index contributed by atoms with van der Waals surface area (Å²) >= 11 is 0. The van der Waals surface area contributed by atoms with E-state index in [-0.39, 0.29) is 34.6 Å². The van der Waals surface area contributed by atoms with E-state index in [2.05, 4.69) is 19.2 Å². The van der Waals surface area contributed by atoms with Gasteiger partial charge in [-0.25, -0.2) is 0 Å². The molecule has 0 radical (unpaired) electrons. The van der Waals surface area contributed by atoms with E-state index in [1.54, 1.807) is 0 Å². The number of amides is 1. The lowest BCUT2D eigenvalue weighted by Crippen LogP contribution is -2.27. The average Bonchev–Trinajstić information content (AvgIpc) is 2.13. The van der Waals surface area contributed by atoms with Crippen molar-refractivity contribution in [2.24, 2.45) is 5.92 Å². The maximum Gasteiger partial charge on any atom is 0.303 e. The minimum Gasteiger partial charge on any atom is -0.481 e. The first-order valence-electron chi connectivity index (χ1n) is 5.04. The topological polar surface area (TPSA) is 66.4 Å². The van der Waals surface area contributed by atoms with Gasteiger partial charge in [0.15, 0.2) is 0 Å². The minimum atomic E-state index is -0.847. The van der Waals surface area contributed by atoms with Crippen LogP contribution in [0.1, 0.15) is 61.8 Å². The lowest BCUT2D eigenvalue weighted by molar-refractivity contribution is -0.137. The van der Waals surface area contributed by atoms with Crippen LogP contribution in [0.5, 0.6) is 0 Å². The molecular weight excluding hydrogens is 218 g/mol. The highest BCUT2D eigenvalue weighted by Crippen LogP contribution is 1.99. The SMILES string of the molecule is C.C.C.CCC(C)CNC(=O)CCCC(=O)O. The predicted molar refractivity (Wildman–Crippen MR) is 74.1 cm³/mol. The van der Waals surface area contributed by atoms with Crippen LogP contribution in [0.2, 0.25) is 0 Å². The summed E-state index contributed by atoms with van der Waals surface area (Å²) in [5, 5.41) is 11.1. The van der Waals surface area contributed by atoms with Gasteiger partial charge in [0, 0.05) is 19.4 Å². The third-order valence-electron chi connectivity index (χ3n) is 2.14. The van der Waals surface area contributed by atoms with Crippen molar-refractivity contribution in [2.45, 2.75) is 61.8 Å². The number of hydrogen-bond acceptors (Lipinski definition) is 2. The normalized spacial score (nSPS) is 10.0. The van der Waals surface area contributed by atoms with Crippen molar-refractivity contribution in [3.8, 4) is 0 Å². The van der Waals surface area contributed by atoms with Crippen LogP contribution in [-0.2, 0) is 9.59 Å². The van der Waals surface area contributed by atoms with E-state index in [1.165, 1.54) is 0 Å². The van der Waals surface area contributed by atoms with Crippen LogP contribution in [0.15, 0.2) is 0 Å².